The van der Waals surface area contributed by atoms with E-state index in [9.17, 15) is 4.79 Å². The predicted molar refractivity (Wildman–Crippen MR) is 59.2 cm³/mol. The lowest BCUT2D eigenvalue weighted by atomic mass is 10.1. The summed E-state index contributed by atoms with van der Waals surface area (Å²) in [5.74, 6) is 0.178. The number of allylic oxidation sites excluding steroid dienone is 3. The van der Waals surface area contributed by atoms with Crippen molar-refractivity contribution < 1.29 is 4.79 Å². The van der Waals surface area contributed by atoms with Crippen LogP contribution >= 0.6 is 0 Å². The quantitative estimate of drug-likeness (QED) is 0.692. The van der Waals surface area contributed by atoms with Crippen LogP contribution in [0.25, 0.3) is 5.70 Å². The lowest BCUT2D eigenvalue weighted by Gasteiger charge is -2.15. The maximum Gasteiger partial charge on any atom is 0.192 e. The van der Waals surface area contributed by atoms with Gasteiger partial charge in [-0.15, -0.1) is 0 Å². The first kappa shape index (κ1) is 8.48. The molecule has 0 saturated carbocycles. The summed E-state index contributed by atoms with van der Waals surface area (Å²) in [6, 6.07) is 7.78. The lowest BCUT2D eigenvalue weighted by molar-refractivity contribution is 0.103. The van der Waals surface area contributed by atoms with E-state index < -0.39 is 0 Å². The first-order valence-corrected chi connectivity index (χ1v) is 5.08. The summed E-state index contributed by atoms with van der Waals surface area (Å²) in [4.78, 5) is 12.0. The van der Waals surface area contributed by atoms with E-state index in [0.29, 0.717) is 0 Å². The van der Waals surface area contributed by atoms with Gasteiger partial charge in [0.25, 0.3) is 0 Å². The molecule has 3 rings (SSSR count). The van der Waals surface area contributed by atoms with Gasteiger partial charge >= 0.3 is 0 Å². The first-order chi connectivity index (χ1) is 7.27. The number of ketones is 1. The summed E-state index contributed by atoms with van der Waals surface area (Å²) < 4.78 is 0. The number of carbonyl (C=O) groups is 1. The summed E-state index contributed by atoms with van der Waals surface area (Å²) >= 11 is 0. The highest BCUT2D eigenvalue weighted by molar-refractivity contribution is 6.20. The van der Waals surface area contributed by atoms with E-state index in [0.717, 1.165) is 34.5 Å². The van der Waals surface area contributed by atoms with Gasteiger partial charge in [-0.3, -0.25) is 4.79 Å². The molecular formula is C13H11NO. The molecule has 2 nitrogen and oxygen atoms in total. The Kier molecular flexibility index (Phi) is 1.60. The highest BCUT2D eigenvalue weighted by Crippen LogP contribution is 2.35. The summed E-state index contributed by atoms with van der Waals surface area (Å²) in [5, 5.41) is 3.28. The highest BCUT2D eigenvalue weighted by Gasteiger charge is 2.30. The van der Waals surface area contributed by atoms with Crippen LogP contribution in [0.1, 0.15) is 29.3 Å². The Morgan fingerprint density at radius 1 is 1.20 bits per heavy atom. The number of nitrogens with one attached hydrogen (secondary N) is 1. The minimum absolute atomic E-state index is 0.178. The van der Waals surface area contributed by atoms with Gasteiger partial charge < -0.3 is 5.32 Å². The van der Waals surface area contributed by atoms with Crippen LogP contribution in [-0.2, 0) is 0 Å². The number of rotatable bonds is 0. The summed E-state index contributed by atoms with van der Waals surface area (Å²) in [5.41, 5.74) is 4.92. The molecule has 1 aliphatic carbocycles. The fraction of sp³-hybridized carbons (Fsp3) is 0.154. The normalized spacial score (nSPS) is 18.2. The molecule has 1 aromatic carbocycles. The van der Waals surface area contributed by atoms with E-state index in [4.69, 9.17) is 0 Å². The van der Waals surface area contributed by atoms with Crippen molar-refractivity contribution >= 4 is 11.5 Å². The van der Waals surface area contributed by atoms with Crippen LogP contribution in [-0.4, -0.2) is 5.78 Å². The van der Waals surface area contributed by atoms with Crippen LogP contribution in [0.5, 0.6) is 0 Å². The highest BCUT2D eigenvalue weighted by atomic mass is 16.1. The molecule has 0 aromatic heterocycles. The van der Waals surface area contributed by atoms with E-state index in [1.54, 1.807) is 0 Å². The van der Waals surface area contributed by atoms with Gasteiger partial charge in [0, 0.05) is 22.4 Å². The molecule has 1 aromatic rings. The van der Waals surface area contributed by atoms with E-state index >= 15 is 0 Å². The van der Waals surface area contributed by atoms with Crippen molar-refractivity contribution in [2.45, 2.75) is 13.3 Å². The van der Waals surface area contributed by atoms with Crippen molar-refractivity contribution in [3.05, 3.63) is 52.7 Å². The van der Waals surface area contributed by atoms with Gasteiger partial charge in [-0.05, 0) is 13.3 Å². The Balaban J connectivity index is 2.18. The summed E-state index contributed by atoms with van der Waals surface area (Å²) in [6.45, 7) is 2.02. The maximum absolute atomic E-state index is 12.0. The van der Waals surface area contributed by atoms with E-state index in [-0.39, 0.29) is 5.78 Å². The van der Waals surface area contributed by atoms with Crippen molar-refractivity contribution in [1.82, 2.24) is 5.32 Å². The van der Waals surface area contributed by atoms with Crippen molar-refractivity contribution in [3.8, 4) is 0 Å². The number of fused-ring (bicyclic) bond motifs is 2. The fourth-order valence-electron chi connectivity index (χ4n) is 2.18. The summed E-state index contributed by atoms with van der Waals surface area (Å²) in [6.07, 6.45) is 2.81. The van der Waals surface area contributed by atoms with Gasteiger partial charge in [0.1, 0.15) is 0 Å². The standard InChI is InChI=1S/C13H11NO/c1-8-6-7-11-12(14-8)9-4-2-3-5-10(9)13(11)15/h2-6,14H,7H2,1H3. The number of dihydropyridines is 1. The zero-order valence-corrected chi connectivity index (χ0v) is 8.50. The Morgan fingerprint density at radius 2 is 1.93 bits per heavy atom. The molecule has 0 atom stereocenters. The van der Waals surface area contributed by atoms with Crippen molar-refractivity contribution in [1.29, 1.82) is 0 Å². The van der Waals surface area contributed by atoms with E-state index in [1.807, 2.05) is 31.2 Å². The fourth-order valence-corrected chi connectivity index (χ4v) is 2.18. The first-order valence-electron chi connectivity index (χ1n) is 5.08. The van der Waals surface area contributed by atoms with E-state index in [1.165, 1.54) is 0 Å². The van der Waals surface area contributed by atoms with Crippen LogP contribution in [0.2, 0.25) is 0 Å². The summed E-state index contributed by atoms with van der Waals surface area (Å²) in [7, 11) is 0. The molecule has 15 heavy (non-hydrogen) atoms. The maximum atomic E-state index is 12.0. The van der Waals surface area contributed by atoms with Crippen molar-refractivity contribution in [2.75, 3.05) is 0 Å². The molecule has 2 aliphatic rings. The van der Waals surface area contributed by atoms with Gasteiger partial charge in [-0.25, -0.2) is 0 Å². The Labute approximate surface area is 88.3 Å². The Hall–Kier alpha value is -1.83. The molecule has 0 fully saturated rings. The average molecular weight is 197 g/mol. The Morgan fingerprint density at radius 3 is 2.73 bits per heavy atom. The molecule has 74 valence electrons. The number of hydrogen-bond acceptors (Lipinski definition) is 2. The Bertz CT molecular complexity index is 523. The lowest BCUT2D eigenvalue weighted by Crippen LogP contribution is -2.14. The van der Waals surface area contributed by atoms with Gasteiger partial charge in [0.15, 0.2) is 5.78 Å². The van der Waals surface area contributed by atoms with Crippen molar-refractivity contribution in [3.63, 3.8) is 0 Å². The molecule has 2 heteroatoms. The average Bonchev–Trinajstić information content (AvgIpc) is 2.54. The zero-order chi connectivity index (χ0) is 10.4. The molecule has 1 aliphatic heterocycles. The van der Waals surface area contributed by atoms with Gasteiger partial charge in [0.05, 0.1) is 5.70 Å². The molecule has 0 radical (unpaired) electrons. The van der Waals surface area contributed by atoms with Gasteiger partial charge in [-0.2, -0.15) is 0 Å². The third-order valence-electron chi connectivity index (χ3n) is 2.95. The molecule has 0 saturated heterocycles. The molecular weight excluding hydrogens is 186 g/mol. The van der Waals surface area contributed by atoms with E-state index in [2.05, 4.69) is 11.4 Å². The number of benzene rings is 1. The molecule has 0 bridgehead atoms. The second-order valence-corrected chi connectivity index (χ2v) is 3.94. The number of carbonyl (C=O) groups excluding carboxylic acids is 1. The molecule has 0 unspecified atom stereocenters. The third-order valence-corrected chi connectivity index (χ3v) is 2.95. The number of Topliss-reactive ketones (excluding diaryl/α,β-unsaturated/α-hetero) is 1. The minimum atomic E-state index is 0.178. The van der Waals surface area contributed by atoms with Gasteiger partial charge in [0.2, 0.25) is 0 Å². The largest absolute Gasteiger partial charge is 0.359 e. The smallest absolute Gasteiger partial charge is 0.192 e. The second-order valence-electron chi connectivity index (χ2n) is 3.94. The monoisotopic (exact) mass is 197 g/mol. The third kappa shape index (κ3) is 1.08. The topological polar surface area (TPSA) is 29.1 Å². The number of hydrogen-bond donors (Lipinski definition) is 1. The molecule has 1 heterocycles. The molecule has 1 N–H and O–H groups in total. The van der Waals surface area contributed by atoms with Crippen LogP contribution in [0, 0.1) is 0 Å². The zero-order valence-electron chi connectivity index (χ0n) is 8.50. The molecule has 0 spiro atoms. The van der Waals surface area contributed by atoms with Gasteiger partial charge in [-0.1, -0.05) is 30.3 Å². The second kappa shape index (κ2) is 2.83. The SMILES string of the molecule is CC1=CCC2=C(N1)c1ccccc1C2=O. The molecule has 0 amide bonds. The van der Waals surface area contributed by atoms with Crippen LogP contribution < -0.4 is 5.32 Å². The van der Waals surface area contributed by atoms with Crippen LogP contribution in [0.15, 0.2) is 41.6 Å². The van der Waals surface area contributed by atoms with Crippen molar-refractivity contribution in [2.24, 2.45) is 0 Å². The predicted octanol–water partition coefficient (Wildman–Crippen LogP) is 2.49. The van der Waals surface area contributed by atoms with Crippen LogP contribution in [0.4, 0.5) is 0 Å². The van der Waals surface area contributed by atoms with Crippen LogP contribution in [0.3, 0.4) is 0 Å². The minimum Gasteiger partial charge on any atom is -0.359 e.